The molecule has 2 amide bonds. The predicted octanol–water partition coefficient (Wildman–Crippen LogP) is 4.13. The zero-order valence-corrected chi connectivity index (χ0v) is 19.3. The summed E-state index contributed by atoms with van der Waals surface area (Å²) in [5.74, 6) is 0.278. The number of nitrogens with one attached hydrogen (secondary N) is 1. The minimum absolute atomic E-state index is 0.0678. The van der Waals surface area contributed by atoms with Crippen molar-refractivity contribution in [2.24, 2.45) is 0 Å². The lowest BCUT2D eigenvalue weighted by Crippen LogP contribution is -2.28. The summed E-state index contributed by atoms with van der Waals surface area (Å²) in [5.41, 5.74) is 5.09. The van der Waals surface area contributed by atoms with Crippen LogP contribution in [0.25, 0.3) is 5.69 Å². The highest BCUT2D eigenvalue weighted by molar-refractivity contribution is 7.99. The fraction of sp³-hybridized carbons (Fsp3) is 0.320. The van der Waals surface area contributed by atoms with Crippen LogP contribution in [0.4, 0.5) is 0 Å². The molecular formula is C25H28N4O2S. The zero-order valence-electron chi connectivity index (χ0n) is 18.5. The quantitative estimate of drug-likeness (QED) is 0.552. The minimum Gasteiger partial charge on any atom is -0.351 e. The van der Waals surface area contributed by atoms with Gasteiger partial charge in [-0.2, -0.15) is 0 Å². The average molecular weight is 449 g/mol. The summed E-state index contributed by atoms with van der Waals surface area (Å²) in [6.45, 7) is 6.23. The zero-order chi connectivity index (χ0) is 22.5. The molecular weight excluding hydrogens is 420 g/mol. The Bertz CT molecular complexity index is 1120. The van der Waals surface area contributed by atoms with Gasteiger partial charge in [0.15, 0.2) is 5.16 Å². The number of imidazole rings is 1. The topological polar surface area (TPSA) is 67.2 Å². The van der Waals surface area contributed by atoms with Gasteiger partial charge in [0.05, 0.1) is 11.4 Å². The summed E-state index contributed by atoms with van der Waals surface area (Å²) in [7, 11) is 0. The van der Waals surface area contributed by atoms with Crippen molar-refractivity contribution in [2.45, 2.75) is 38.4 Å². The third-order valence-corrected chi connectivity index (χ3v) is 6.80. The molecule has 6 nitrogen and oxygen atoms in total. The van der Waals surface area contributed by atoms with Crippen LogP contribution in [0.5, 0.6) is 0 Å². The summed E-state index contributed by atoms with van der Waals surface area (Å²) >= 11 is 1.41. The summed E-state index contributed by atoms with van der Waals surface area (Å²) in [5, 5.41) is 3.74. The Morgan fingerprint density at radius 3 is 2.69 bits per heavy atom. The Labute approximate surface area is 193 Å². The van der Waals surface area contributed by atoms with Gasteiger partial charge in [0.1, 0.15) is 0 Å². The standard InChI is InChI=1S/C25H28N4O2S/c1-18-7-5-10-22(19(18)2)29-14-11-26-25(29)32-17-23(30)27-16-20-8-6-9-21(15-20)24(31)28-12-3-4-13-28/h5-11,14-15H,3-4,12-13,16-17H2,1-2H3,(H,27,30). The van der Waals surface area contributed by atoms with Crippen LogP contribution in [0.2, 0.25) is 0 Å². The molecule has 0 spiro atoms. The number of aromatic nitrogens is 2. The Balaban J connectivity index is 1.33. The molecule has 0 atom stereocenters. The molecule has 1 N–H and O–H groups in total. The fourth-order valence-electron chi connectivity index (χ4n) is 3.88. The first kappa shape index (κ1) is 22.1. The van der Waals surface area contributed by atoms with E-state index in [1.807, 2.05) is 46.0 Å². The molecule has 7 heteroatoms. The van der Waals surface area contributed by atoms with Crippen LogP contribution in [0.15, 0.2) is 60.0 Å². The van der Waals surface area contributed by atoms with E-state index in [0.29, 0.717) is 12.1 Å². The SMILES string of the molecule is Cc1cccc(-n2ccnc2SCC(=O)NCc2cccc(C(=O)N3CCCC3)c2)c1C. The number of nitrogens with zero attached hydrogens (tertiary/aromatic N) is 3. The Morgan fingerprint density at radius 2 is 1.88 bits per heavy atom. The smallest absolute Gasteiger partial charge is 0.253 e. The summed E-state index contributed by atoms with van der Waals surface area (Å²) < 4.78 is 2.02. The largest absolute Gasteiger partial charge is 0.351 e. The molecule has 3 aromatic rings. The second-order valence-corrected chi connectivity index (χ2v) is 9.01. The molecule has 166 valence electrons. The molecule has 1 aliphatic rings. The van der Waals surface area contributed by atoms with Crippen LogP contribution in [-0.4, -0.2) is 45.1 Å². The molecule has 2 aromatic carbocycles. The normalized spacial score (nSPS) is 13.4. The number of aryl methyl sites for hydroxylation is 1. The number of likely N-dealkylation sites (tertiary alicyclic amines) is 1. The van der Waals surface area contributed by atoms with E-state index in [9.17, 15) is 9.59 Å². The lowest BCUT2D eigenvalue weighted by atomic mass is 10.1. The van der Waals surface area contributed by atoms with Gasteiger partial charge in [-0.15, -0.1) is 0 Å². The van der Waals surface area contributed by atoms with E-state index in [1.165, 1.54) is 22.9 Å². The molecule has 1 aromatic heterocycles. The maximum atomic E-state index is 12.6. The van der Waals surface area contributed by atoms with Gasteiger partial charge in [-0.1, -0.05) is 36.0 Å². The van der Waals surface area contributed by atoms with Crippen LogP contribution >= 0.6 is 11.8 Å². The van der Waals surface area contributed by atoms with Gasteiger partial charge in [-0.3, -0.25) is 14.2 Å². The maximum absolute atomic E-state index is 12.6. The maximum Gasteiger partial charge on any atom is 0.253 e. The van der Waals surface area contributed by atoms with Crippen molar-refractivity contribution in [3.63, 3.8) is 0 Å². The van der Waals surface area contributed by atoms with Crippen LogP contribution in [0, 0.1) is 13.8 Å². The van der Waals surface area contributed by atoms with Gasteiger partial charge < -0.3 is 10.2 Å². The van der Waals surface area contributed by atoms with E-state index in [0.717, 1.165) is 42.3 Å². The van der Waals surface area contributed by atoms with Crippen LogP contribution in [0.3, 0.4) is 0 Å². The van der Waals surface area contributed by atoms with E-state index in [1.54, 1.807) is 6.20 Å². The lowest BCUT2D eigenvalue weighted by Gasteiger charge is -2.15. The second-order valence-electron chi connectivity index (χ2n) is 8.06. The highest BCUT2D eigenvalue weighted by Gasteiger charge is 2.19. The van der Waals surface area contributed by atoms with Crippen molar-refractivity contribution in [1.82, 2.24) is 19.8 Å². The number of thioether (sulfide) groups is 1. The molecule has 4 rings (SSSR count). The molecule has 32 heavy (non-hydrogen) atoms. The monoisotopic (exact) mass is 448 g/mol. The van der Waals surface area contributed by atoms with Crippen LogP contribution < -0.4 is 5.32 Å². The number of benzene rings is 2. The third-order valence-electron chi connectivity index (χ3n) is 5.83. The first-order chi connectivity index (χ1) is 15.5. The van der Waals surface area contributed by atoms with Gasteiger partial charge in [-0.25, -0.2) is 4.98 Å². The minimum atomic E-state index is -0.0678. The number of hydrogen-bond acceptors (Lipinski definition) is 4. The average Bonchev–Trinajstić information content (AvgIpc) is 3.50. The molecule has 0 radical (unpaired) electrons. The van der Waals surface area contributed by atoms with Crippen molar-refractivity contribution in [3.05, 3.63) is 77.1 Å². The Hall–Kier alpha value is -3.06. The van der Waals surface area contributed by atoms with E-state index in [4.69, 9.17) is 0 Å². The number of amides is 2. The molecule has 1 saturated heterocycles. The van der Waals surface area contributed by atoms with Gasteiger partial charge in [0.2, 0.25) is 5.91 Å². The summed E-state index contributed by atoms with van der Waals surface area (Å²) in [4.78, 5) is 31.4. The van der Waals surface area contributed by atoms with Crippen LogP contribution in [0.1, 0.15) is 39.9 Å². The third kappa shape index (κ3) is 5.05. The Kier molecular flexibility index (Phi) is 6.95. The van der Waals surface area contributed by atoms with Gasteiger partial charge in [-0.05, 0) is 61.6 Å². The first-order valence-corrected chi connectivity index (χ1v) is 11.9. The number of hydrogen-bond donors (Lipinski definition) is 1. The summed E-state index contributed by atoms with van der Waals surface area (Å²) in [6, 6.07) is 13.7. The molecule has 2 heterocycles. The highest BCUT2D eigenvalue weighted by atomic mass is 32.2. The number of carbonyl (C=O) groups excluding carboxylic acids is 2. The van der Waals surface area contributed by atoms with E-state index >= 15 is 0 Å². The molecule has 1 fully saturated rings. The van der Waals surface area contributed by atoms with Gasteiger partial charge >= 0.3 is 0 Å². The van der Waals surface area contributed by atoms with E-state index < -0.39 is 0 Å². The predicted molar refractivity (Wildman–Crippen MR) is 127 cm³/mol. The van der Waals surface area contributed by atoms with Crippen molar-refractivity contribution in [2.75, 3.05) is 18.8 Å². The van der Waals surface area contributed by atoms with E-state index in [2.05, 4.69) is 36.3 Å². The Morgan fingerprint density at radius 1 is 1.09 bits per heavy atom. The van der Waals surface area contributed by atoms with Crippen LogP contribution in [-0.2, 0) is 11.3 Å². The van der Waals surface area contributed by atoms with Gasteiger partial charge in [0.25, 0.3) is 5.91 Å². The van der Waals surface area contributed by atoms with Crippen molar-refractivity contribution >= 4 is 23.6 Å². The number of rotatable bonds is 7. The fourth-order valence-corrected chi connectivity index (χ4v) is 4.67. The molecule has 0 aliphatic carbocycles. The molecule has 0 saturated carbocycles. The second kappa shape index (κ2) is 10.0. The van der Waals surface area contributed by atoms with Gasteiger partial charge in [0, 0.05) is 37.6 Å². The van der Waals surface area contributed by atoms with Crippen molar-refractivity contribution in [3.8, 4) is 5.69 Å². The number of carbonyl (C=O) groups is 2. The summed E-state index contributed by atoms with van der Waals surface area (Å²) in [6.07, 6.45) is 5.82. The lowest BCUT2D eigenvalue weighted by molar-refractivity contribution is -0.118. The van der Waals surface area contributed by atoms with Crippen molar-refractivity contribution in [1.29, 1.82) is 0 Å². The van der Waals surface area contributed by atoms with Crippen molar-refractivity contribution < 1.29 is 9.59 Å². The van der Waals surface area contributed by atoms with E-state index in [-0.39, 0.29) is 17.6 Å². The molecule has 1 aliphatic heterocycles. The molecule has 0 bridgehead atoms. The highest BCUT2D eigenvalue weighted by Crippen LogP contribution is 2.24. The molecule has 0 unspecified atom stereocenters. The first-order valence-electron chi connectivity index (χ1n) is 10.9.